The Hall–Kier alpha value is -6.76. The SMILES string of the molecule is c1ccc(-c2ccc3ccccc3c2-c2cccc(-c3c4ccccc4c(-c4cccc(-c5ccc6ccccc6c5)c4)c4ccccc34)c2)cc1. The van der Waals surface area contributed by atoms with Crippen LogP contribution in [0.3, 0.4) is 0 Å². The molecule has 0 radical (unpaired) electrons. The number of rotatable bonds is 5. The number of hydrogen-bond acceptors (Lipinski definition) is 0. The largest absolute Gasteiger partial charge is 0.0622 e. The minimum Gasteiger partial charge on any atom is -0.0622 e. The molecule has 0 saturated heterocycles. The summed E-state index contributed by atoms with van der Waals surface area (Å²) >= 11 is 0. The predicted molar refractivity (Wildman–Crippen MR) is 224 cm³/mol. The quantitative estimate of drug-likeness (QED) is 0.161. The molecule has 242 valence electrons. The minimum atomic E-state index is 1.22. The average molecular weight is 659 g/mol. The molecule has 0 amide bonds. The summed E-state index contributed by atoms with van der Waals surface area (Å²) in [6.45, 7) is 0. The lowest BCUT2D eigenvalue weighted by Gasteiger charge is -2.19. The Kier molecular flexibility index (Phi) is 7.25. The van der Waals surface area contributed by atoms with Crippen molar-refractivity contribution >= 4 is 43.1 Å². The zero-order valence-corrected chi connectivity index (χ0v) is 28.6. The Morgan fingerprint density at radius 3 is 1.25 bits per heavy atom. The molecule has 0 heteroatoms. The van der Waals surface area contributed by atoms with E-state index in [4.69, 9.17) is 0 Å². The van der Waals surface area contributed by atoms with Crippen LogP contribution in [0.25, 0.3) is 98.7 Å². The van der Waals surface area contributed by atoms with E-state index in [0.29, 0.717) is 0 Å². The highest BCUT2D eigenvalue weighted by Crippen LogP contribution is 2.46. The summed E-state index contributed by atoms with van der Waals surface area (Å²) in [5.41, 5.74) is 12.4. The van der Waals surface area contributed by atoms with E-state index in [1.54, 1.807) is 0 Å². The zero-order valence-electron chi connectivity index (χ0n) is 28.6. The van der Waals surface area contributed by atoms with E-state index in [0.717, 1.165) is 0 Å². The zero-order chi connectivity index (χ0) is 34.4. The van der Waals surface area contributed by atoms with Gasteiger partial charge in [-0.1, -0.05) is 188 Å². The van der Waals surface area contributed by atoms with Gasteiger partial charge in [0, 0.05) is 0 Å². The molecule has 0 saturated carbocycles. The minimum absolute atomic E-state index is 1.22. The third kappa shape index (κ3) is 5.08. The van der Waals surface area contributed by atoms with Gasteiger partial charge in [-0.15, -0.1) is 0 Å². The molecule has 0 nitrogen and oxygen atoms in total. The van der Waals surface area contributed by atoms with Crippen LogP contribution in [0.5, 0.6) is 0 Å². The van der Waals surface area contributed by atoms with E-state index in [9.17, 15) is 0 Å². The molecule has 0 aliphatic rings. The fourth-order valence-electron chi connectivity index (χ4n) is 8.24. The first kappa shape index (κ1) is 30.1. The molecule has 0 fully saturated rings. The van der Waals surface area contributed by atoms with Crippen LogP contribution in [-0.4, -0.2) is 0 Å². The van der Waals surface area contributed by atoms with Gasteiger partial charge in [0.25, 0.3) is 0 Å². The highest BCUT2D eigenvalue weighted by atomic mass is 14.2. The van der Waals surface area contributed by atoms with Crippen molar-refractivity contribution in [3.8, 4) is 55.6 Å². The molecule has 0 aliphatic heterocycles. The highest BCUT2D eigenvalue weighted by molar-refractivity contribution is 6.21. The van der Waals surface area contributed by atoms with Gasteiger partial charge >= 0.3 is 0 Å². The standard InChI is InChI=1S/C52H34/c1-2-15-36(16-3-1)45-31-30-37-17-6-7-23-44(37)50(45)42-21-13-22-43(34-42)52-48-26-10-8-24-46(48)51(47-25-9-11-27-49(47)52)41-20-12-19-39(33-41)40-29-28-35-14-4-5-18-38(35)32-40/h1-34H. The molecule has 0 spiro atoms. The van der Waals surface area contributed by atoms with Crippen LogP contribution in [0, 0.1) is 0 Å². The van der Waals surface area contributed by atoms with Crippen LogP contribution in [0.15, 0.2) is 206 Å². The van der Waals surface area contributed by atoms with Crippen LogP contribution in [0.4, 0.5) is 0 Å². The molecule has 0 aliphatic carbocycles. The summed E-state index contributed by atoms with van der Waals surface area (Å²) in [6, 6.07) is 75.6. The van der Waals surface area contributed by atoms with Gasteiger partial charge in [-0.05, 0) is 117 Å². The molecule has 0 unspecified atom stereocenters. The van der Waals surface area contributed by atoms with Crippen molar-refractivity contribution in [2.24, 2.45) is 0 Å². The van der Waals surface area contributed by atoms with Crippen LogP contribution >= 0.6 is 0 Å². The summed E-state index contributed by atoms with van der Waals surface area (Å²) in [7, 11) is 0. The molecule has 0 aromatic heterocycles. The summed E-state index contributed by atoms with van der Waals surface area (Å²) in [5.74, 6) is 0. The van der Waals surface area contributed by atoms with Gasteiger partial charge in [0.15, 0.2) is 0 Å². The molecule has 10 rings (SSSR count). The van der Waals surface area contributed by atoms with Crippen molar-refractivity contribution in [2.75, 3.05) is 0 Å². The number of fused-ring (bicyclic) bond motifs is 4. The van der Waals surface area contributed by atoms with E-state index in [2.05, 4.69) is 206 Å². The van der Waals surface area contributed by atoms with Crippen LogP contribution in [0.2, 0.25) is 0 Å². The van der Waals surface area contributed by atoms with E-state index in [1.165, 1.54) is 98.7 Å². The Balaban J connectivity index is 1.19. The monoisotopic (exact) mass is 658 g/mol. The topological polar surface area (TPSA) is 0 Å². The highest BCUT2D eigenvalue weighted by Gasteiger charge is 2.19. The second-order valence-electron chi connectivity index (χ2n) is 13.6. The fourth-order valence-corrected chi connectivity index (χ4v) is 8.24. The van der Waals surface area contributed by atoms with Crippen molar-refractivity contribution in [3.05, 3.63) is 206 Å². The van der Waals surface area contributed by atoms with Gasteiger partial charge in [0.1, 0.15) is 0 Å². The molecule has 10 aromatic rings. The van der Waals surface area contributed by atoms with Crippen molar-refractivity contribution in [3.63, 3.8) is 0 Å². The Morgan fingerprint density at radius 2 is 0.615 bits per heavy atom. The summed E-state index contributed by atoms with van der Waals surface area (Å²) in [5, 5.41) is 10.0. The molecule has 0 atom stereocenters. The normalized spacial score (nSPS) is 11.5. The number of hydrogen-bond donors (Lipinski definition) is 0. The van der Waals surface area contributed by atoms with Crippen LogP contribution in [0.1, 0.15) is 0 Å². The molecule has 0 N–H and O–H groups in total. The third-order valence-corrected chi connectivity index (χ3v) is 10.6. The van der Waals surface area contributed by atoms with Gasteiger partial charge in [-0.2, -0.15) is 0 Å². The average Bonchev–Trinajstić information content (AvgIpc) is 3.22. The maximum Gasteiger partial charge on any atom is -0.00262 e. The van der Waals surface area contributed by atoms with Gasteiger partial charge in [-0.25, -0.2) is 0 Å². The van der Waals surface area contributed by atoms with Gasteiger partial charge in [0.2, 0.25) is 0 Å². The maximum atomic E-state index is 2.41. The smallest absolute Gasteiger partial charge is 0.00262 e. The summed E-state index contributed by atoms with van der Waals surface area (Å²) in [6.07, 6.45) is 0. The van der Waals surface area contributed by atoms with Crippen molar-refractivity contribution in [1.29, 1.82) is 0 Å². The second-order valence-corrected chi connectivity index (χ2v) is 13.6. The molecular formula is C52H34. The summed E-state index contributed by atoms with van der Waals surface area (Å²) in [4.78, 5) is 0. The van der Waals surface area contributed by atoms with Gasteiger partial charge in [-0.3, -0.25) is 0 Å². The summed E-state index contributed by atoms with van der Waals surface area (Å²) < 4.78 is 0. The molecular weight excluding hydrogens is 625 g/mol. The Morgan fingerprint density at radius 1 is 0.192 bits per heavy atom. The molecule has 10 aromatic carbocycles. The lowest BCUT2D eigenvalue weighted by molar-refractivity contribution is 1.60. The van der Waals surface area contributed by atoms with E-state index < -0.39 is 0 Å². The first-order valence-corrected chi connectivity index (χ1v) is 18.0. The molecule has 0 heterocycles. The molecule has 0 bridgehead atoms. The Bertz CT molecular complexity index is 2890. The lowest BCUT2D eigenvalue weighted by Crippen LogP contribution is -1.92. The van der Waals surface area contributed by atoms with Crippen molar-refractivity contribution < 1.29 is 0 Å². The van der Waals surface area contributed by atoms with Gasteiger partial charge < -0.3 is 0 Å². The second kappa shape index (κ2) is 12.5. The lowest BCUT2D eigenvalue weighted by atomic mass is 9.84. The first-order chi connectivity index (χ1) is 25.8. The van der Waals surface area contributed by atoms with E-state index >= 15 is 0 Å². The van der Waals surface area contributed by atoms with Gasteiger partial charge in [0.05, 0.1) is 0 Å². The maximum absolute atomic E-state index is 2.41. The third-order valence-electron chi connectivity index (χ3n) is 10.6. The fraction of sp³-hybridized carbons (Fsp3) is 0. The predicted octanol–water partition coefficient (Wildman–Crippen LogP) is 14.6. The number of benzene rings is 10. The van der Waals surface area contributed by atoms with Crippen LogP contribution in [-0.2, 0) is 0 Å². The van der Waals surface area contributed by atoms with E-state index in [1.807, 2.05) is 0 Å². The first-order valence-electron chi connectivity index (χ1n) is 18.0. The van der Waals surface area contributed by atoms with Crippen molar-refractivity contribution in [1.82, 2.24) is 0 Å². The molecule has 52 heavy (non-hydrogen) atoms. The Labute approximate surface area is 303 Å². The van der Waals surface area contributed by atoms with Crippen LogP contribution < -0.4 is 0 Å². The van der Waals surface area contributed by atoms with E-state index in [-0.39, 0.29) is 0 Å². The van der Waals surface area contributed by atoms with Crippen molar-refractivity contribution in [2.45, 2.75) is 0 Å².